The summed E-state index contributed by atoms with van der Waals surface area (Å²) in [5.74, 6) is 1.40. The Kier molecular flexibility index (Phi) is 5.80. The molecule has 0 radical (unpaired) electrons. The van der Waals surface area contributed by atoms with Gasteiger partial charge in [0.05, 0.1) is 21.7 Å². The highest BCUT2D eigenvalue weighted by molar-refractivity contribution is 6.43. The van der Waals surface area contributed by atoms with E-state index in [-0.39, 0.29) is 29.8 Å². The number of hydrogen-bond donors (Lipinski definition) is 0. The zero-order chi connectivity index (χ0) is 21.5. The van der Waals surface area contributed by atoms with Crippen molar-refractivity contribution in [1.82, 2.24) is 4.98 Å². The van der Waals surface area contributed by atoms with E-state index in [2.05, 4.69) is 17.1 Å². The molecule has 6 heteroatoms. The number of hydrogen-bond acceptors (Lipinski definition) is 4. The van der Waals surface area contributed by atoms with Crippen LogP contribution in [0.2, 0.25) is 10.0 Å². The van der Waals surface area contributed by atoms with Crippen LogP contribution in [0.5, 0.6) is 0 Å². The number of nitrogens with zero attached hydrogens (tertiary/aromatic N) is 1. The number of allylic oxidation sites excluding steroid dienone is 1. The lowest BCUT2D eigenvalue weighted by molar-refractivity contribution is -0.144. The second kappa shape index (κ2) is 8.57. The number of aromatic nitrogens is 1. The maximum absolute atomic E-state index is 12.4. The monoisotopic (exact) mass is 457 g/mol. The normalized spacial score (nSPS) is 32.5. The van der Waals surface area contributed by atoms with Crippen molar-refractivity contribution in [3.05, 3.63) is 58.3 Å². The highest BCUT2D eigenvalue weighted by Gasteiger charge is 2.54. The molecule has 3 fully saturated rings. The van der Waals surface area contributed by atoms with Crippen LogP contribution in [0.4, 0.5) is 0 Å². The van der Waals surface area contributed by atoms with Gasteiger partial charge in [-0.3, -0.25) is 9.78 Å². The number of carbonyl (C=O) groups is 1. The van der Waals surface area contributed by atoms with E-state index in [1.54, 1.807) is 6.07 Å². The lowest BCUT2D eigenvalue weighted by Crippen LogP contribution is -2.45. The van der Waals surface area contributed by atoms with E-state index in [1.165, 1.54) is 0 Å². The van der Waals surface area contributed by atoms with Gasteiger partial charge < -0.3 is 9.47 Å². The average molecular weight is 458 g/mol. The Morgan fingerprint density at radius 2 is 2.06 bits per heavy atom. The molecule has 1 aromatic carbocycles. The maximum Gasteiger partial charge on any atom is 0.309 e. The zero-order valence-corrected chi connectivity index (χ0v) is 18.9. The van der Waals surface area contributed by atoms with Crippen molar-refractivity contribution in [3.63, 3.8) is 0 Å². The van der Waals surface area contributed by atoms with Crippen molar-refractivity contribution in [3.8, 4) is 11.1 Å². The van der Waals surface area contributed by atoms with E-state index in [1.807, 2.05) is 37.4 Å². The van der Waals surface area contributed by atoms with Gasteiger partial charge in [-0.15, -0.1) is 0 Å². The van der Waals surface area contributed by atoms with Gasteiger partial charge in [0, 0.05) is 36.5 Å². The molecule has 0 spiro atoms. The van der Waals surface area contributed by atoms with E-state index in [4.69, 9.17) is 32.7 Å². The molecule has 2 aliphatic heterocycles. The molecule has 5 rings (SSSR count). The minimum atomic E-state index is -0.0451. The van der Waals surface area contributed by atoms with Gasteiger partial charge in [0.25, 0.3) is 0 Å². The summed E-state index contributed by atoms with van der Waals surface area (Å²) in [7, 11) is 0. The largest absolute Gasteiger partial charge is 0.462 e. The molecule has 3 aliphatic rings. The third kappa shape index (κ3) is 3.90. The SMILES string of the molecule is CC1OC(=O)C2CC3COCCC3C(/C=C/c3ccc(-c4cccc(Cl)c4Cl)cn3)C12. The summed E-state index contributed by atoms with van der Waals surface area (Å²) in [5, 5.41) is 1.07. The molecular formula is C25H25Cl2NO3. The molecule has 0 amide bonds. The van der Waals surface area contributed by atoms with Gasteiger partial charge in [-0.1, -0.05) is 47.5 Å². The topological polar surface area (TPSA) is 48.4 Å². The van der Waals surface area contributed by atoms with E-state index >= 15 is 0 Å². The first-order valence-electron chi connectivity index (χ1n) is 10.9. The molecule has 1 aromatic heterocycles. The number of rotatable bonds is 3. The Morgan fingerprint density at radius 1 is 1.19 bits per heavy atom. The van der Waals surface area contributed by atoms with Gasteiger partial charge in [-0.05, 0) is 55.7 Å². The Hall–Kier alpha value is -1.88. The van der Waals surface area contributed by atoms with Crippen molar-refractivity contribution >= 4 is 35.2 Å². The smallest absolute Gasteiger partial charge is 0.309 e. The first kappa shape index (κ1) is 21.0. The average Bonchev–Trinajstić information content (AvgIpc) is 3.07. The van der Waals surface area contributed by atoms with Crippen LogP contribution in [0.25, 0.3) is 17.2 Å². The van der Waals surface area contributed by atoms with Crippen LogP contribution >= 0.6 is 23.2 Å². The van der Waals surface area contributed by atoms with E-state index in [0.29, 0.717) is 21.9 Å². The van der Waals surface area contributed by atoms with Crippen LogP contribution in [0.3, 0.4) is 0 Å². The Bertz CT molecular complexity index is 1010. The second-order valence-electron chi connectivity index (χ2n) is 8.86. The fourth-order valence-corrected chi connectivity index (χ4v) is 6.12. The summed E-state index contributed by atoms with van der Waals surface area (Å²) in [6, 6.07) is 9.60. The number of pyridine rings is 1. The first-order valence-corrected chi connectivity index (χ1v) is 11.7. The molecule has 0 N–H and O–H groups in total. The lowest BCUT2D eigenvalue weighted by Gasteiger charge is -2.45. The first-order chi connectivity index (χ1) is 15.0. The predicted molar refractivity (Wildman–Crippen MR) is 122 cm³/mol. The van der Waals surface area contributed by atoms with Gasteiger partial charge in [-0.25, -0.2) is 0 Å². The molecular weight excluding hydrogens is 433 g/mol. The zero-order valence-electron chi connectivity index (χ0n) is 17.3. The van der Waals surface area contributed by atoms with Crippen molar-refractivity contribution in [1.29, 1.82) is 0 Å². The summed E-state index contributed by atoms with van der Waals surface area (Å²) < 4.78 is 11.4. The fraction of sp³-hybridized carbons (Fsp3) is 0.440. The summed E-state index contributed by atoms with van der Waals surface area (Å²) in [5.41, 5.74) is 2.67. The molecule has 2 saturated heterocycles. The molecule has 2 aromatic rings. The number of carbonyl (C=O) groups excluding carboxylic acids is 1. The van der Waals surface area contributed by atoms with Crippen molar-refractivity contribution < 1.29 is 14.3 Å². The molecule has 6 unspecified atom stereocenters. The van der Waals surface area contributed by atoms with Crippen LogP contribution in [0.1, 0.15) is 25.5 Å². The summed E-state index contributed by atoms with van der Waals surface area (Å²) in [6.07, 6.45) is 8.03. The number of esters is 1. The van der Waals surface area contributed by atoms with E-state index < -0.39 is 0 Å². The van der Waals surface area contributed by atoms with Crippen LogP contribution in [-0.4, -0.2) is 30.3 Å². The van der Waals surface area contributed by atoms with Crippen molar-refractivity contribution in [2.75, 3.05) is 13.2 Å². The number of ether oxygens (including phenoxy) is 2. The standard InChI is InChI=1S/C25H25Cl2NO3/c1-14-23-20(18-9-10-30-13-16(18)11-21(23)25(29)31-14)8-7-17-6-5-15(12-28-17)19-3-2-4-22(26)24(19)27/h2-8,12,14,16,18,20-21,23H,9-11,13H2,1H3/b8-7+. The predicted octanol–water partition coefficient (Wildman–Crippen LogP) is 5.92. The molecule has 0 bridgehead atoms. The highest BCUT2D eigenvalue weighted by Crippen LogP contribution is 2.51. The maximum atomic E-state index is 12.4. The van der Waals surface area contributed by atoms with E-state index in [9.17, 15) is 4.79 Å². The van der Waals surface area contributed by atoms with Gasteiger partial charge in [0.2, 0.25) is 0 Å². The fourth-order valence-electron chi connectivity index (χ4n) is 5.71. The van der Waals surface area contributed by atoms with Crippen LogP contribution < -0.4 is 0 Å². The van der Waals surface area contributed by atoms with Gasteiger partial charge in [-0.2, -0.15) is 0 Å². The van der Waals surface area contributed by atoms with E-state index in [0.717, 1.165) is 42.9 Å². The highest BCUT2D eigenvalue weighted by atomic mass is 35.5. The summed E-state index contributed by atoms with van der Waals surface area (Å²) >= 11 is 12.5. The van der Waals surface area contributed by atoms with Gasteiger partial charge >= 0.3 is 5.97 Å². The quantitative estimate of drug-likeness (QED) is 0.536. The summed E-state index contributed by atoms with van der Waals surface area (Å²) in [4.78, 5) is 17.0. The molecule has 1 aliphatic carbocycles. The molecule has 3 heterocycles. The molecule has 162 valence electrons. The summed E-state index contributed by atoms with van der Waals surface area (Å²) in [6.45, 7) is 3.57. The molecule has 31 heavy (non-hydrogen) atoms. The minimum Gasteiger partial charge on any atom is -0.462 e. The molecule has 6 atom stereocenters. The Labute approximate surface area is 192 Å². The minimum absolute atomic E-state index is 0.0205. The molecule has 4 nitrogen and oxygen atoms in total. The third-order valence-corrected chi connectivity index (χ3v) is 8.00. The van der Waals surface area contributed by atoms with Crippen molar-refractivity contribution in [2.24, 2.45) is 29.6 Å². The Morgan fingerprint density at radius 3 is 2.87 bits per heavy atom. The molecule has 1 saturated carbocycles. The second-order valence-corrected chi connectivity index (χ2v) is 9.64. The number of fused-ring (bicyclic) bond motifs is 2. The number of benzene rings is 1. The number of halogens is 2. The lowest BCUT2D eigenvalue weighted by atomic mass is 9.60. The third-order valence-electron chi connectivity index (χ3n) is 7.18. The van der Waals surface area contributed by atoms with Gasteiger partial charge in [0.1, 0.15) is 6.10 Å². The van der Waals surface area contributed by atoms with Crippen LogP contribution in [0, 0.1) is 29.6 Å². The van der Waals surface area contributed by atoms with Crippen LogP contribution in [0.15, 0.2) is 42.6 Å². The van der Waals surface area contributed by atoms with Crippen molar-refractivity contribution in [2.45, 2.75) is 25.9 Å². The Balaban J connectivity index is 1.40. The number of cyclic esters (lactones) is 1. The van der Waals surface area contributed by atoms with Crippen LogP contribution in [-0.2, 0) is 14.3 Å². The van der Waals surface area contributed by atoms with Gasteiger partial charge in [0.15, 0.2) is 0 Å².